The molecule has 1 aliphatic rings. The second kappa shape index (κ2) is 11.1. The highest BCUT2D eigenvalue weighted by molar-refractivity contribution is 7.17. The normalized spacial score (nSPS) is 14.2. The maximum absolute atomic E-state index is 14.0. The van der Waals surface area contributed by atoms with E-state index in [-0.39, 0.29) is 11.7 Å². The lowest BCUT2D eigenvalue weighted by Gasteiger charge is -2.26. The van der Waals surface area contributed by atoms with E-state index in [1.807, 2.05) is 74.4 Å². The number of aryl methyl sites for hydroxylation is 1. The van der Waals surface area contributed by atoms with Crippen molar-refractivity contribution in [1.29, 1.82) is 0 Å². The van der Waals surface area contributed by atoms with Crippen LogP contribution in [0.1, 0.15) is 59.2 Å². The molecule has 1 unspecified atom stereocenters. The number of anilines is 1. The molecule has 0 fully saturated rings. The van der Waals surface area contributed by atoms with E-state index in [4.69, 9.17) is 4.99 Å². The molecule has 5 nitrogen and oxygen atoms in total. The lowest BCUT2D eigenvalue weighted by Crippen LogP contribution is -2.40. The number of thiophene rings is 1. The number of carbonyl (C=O) groups is 2. The fraction of sp³-hybridized carbons (Fsp3) is 0.258. The van der Waals surface area contributed by atoms with E-state index >= 15 is 0 Å². The Morgan fingerprint density at radius 1 is 1.24 bits per heavy atom. The third-order valence-electron chi connectivity index (χ3n) is 6.54. The van der Waals surface area contributed by atoms with Gasteiger partial charge in [-0.3, -0.25) is 14.6 Å². The maximum Gasteiger partial charge on any atom is 0.252 e. The fourth-order valence-electron chi connectivity index (χ4n) is 4.63. The second-order valence-corrected chi connectivity index (χ2v) is 10.5. The zero-order valence-corrected chi connectivity index (χ0v) is 22.7. The van der Waals surface area contributed by atoms with Crippen LogP contribution in [-0.2, 0) is 11.2 Å². The van der Waals surface area contributed by atoms with E-state index in [2.05, 4.69) is 18.1 Å². The van der Waals surface area contributed by atoms with Crippen LogP contribution in [0.15, 0.2) is 72.4 Å². The minimum absolute atomic E-state index is 0.0556. The van der Waals surface area contributed by atoms with Crippen LogP contribution in [-0.4, -0.2) is 35.0 Å². The van der Waals surface area contributed by atoms with Gasteiger partial charge in [0.15, 0.2) is 5.78 Å². The molecule has 0 bridgehead atoms. The lowest BCUT2D eigenvalue weighted by atomic mass is 10.0. The molecule has 0 aliphatic carbocycles. The summed E-state index contributed by atoms with van der Waals surface area (Å²) in [6, 6.07) is 9.31. The van der Waals surface area contributed by atoms with E-state index < -0.39 is 6.04 Å². The van der Waals surface area contributed by atoms with Crippen molar-refractivity contribution >= 4 is 40.5 Å². The summed E-state index contributed by atoms with van der Waals surface area (Å²) < 4.78 is 0. The van der Waals surface area contributed by atoms with Gasteiger partial charge in [0.2, 0.25) is 0 Å². The van der Waals surface area contributed by atoms with E-state index in [0.29, 0.717) is 19.4 Å². The lowest BCUT2D eigenvalue weighted by molar-refractivity contribution is -0.119. The Morgan fingerprint density at radius 2 is 2.00 bits per heavy atom. The molecule has 190 valence electrons. The third-order valence-corrected chi connectivity index (χ3v) is 7.85. The van der Waals surface area contributed by atoms with Crippen LogP contribution >= 0.6 is 11.3 Å². The summed E-state index contributed by atoms with van der Waals surface area (Å²) in [6.45, 7) is 15.9. The fourth-order valence-corrected chi connectivity index (χ4v) is 5.77. The number of hydrogen-bond acceptors (Lipinski definition) is 4. The quantitative estimate of drug-likeness (QED) is 0.151. The van der Waals surface area contributed by atoms with Crippen LogP contribution < -0.4 is 4.90 Å². The first-order chi connectivity index (χ1) is 17.7. The molecular weight excluding hydrogens is 478 g/mol. The number of aromatic amines is 1. The van der Waals surface area contributed by atoms with Crippen molar-refractivity contribution < 1.29 is 9.59 Å². The van der Waals surface area contributed by atoms with Crippen LogP contribution in [0.2, 0.25) is 0 Å². The minimum atomic E-state index is -0.595. The average Bonchev–Trinajstić information content (AvgIpc) is 3.42. The summed E-state index contributed by atoms with van der Waals surface area (Å²) in [5, 5.41) is 0. The average molecular weight is 512 g/mol. The smallest absolute Gasteiger partial charge is 0.252 e. The van der Waals surface area contributed by atoms with Gasteiger partial charge in [-0.2, -0.15) is 0 Å². The Bertz CT molecular complexity index is 1440. The van der Waals surface area contributed by atoms with Crippen LogP contribution in [0.4, 0.5) is 5.69 Å². The summed E-state index contributed by atoms with van der Waals surface area (Å²) in [5.74, 6) is 0.0109. The Balaban J connectivity index is 1.71. The third kappa shape index (κ3) is 5.49. The molecule has 1 N–H and O–H groups in total. The number of aromatic nitrogens is 1. The molecule has 6 heteroatoms. The number of H-pyrrole nitrogens is 1. The van der Waals surface area contributed by atoms with Crippen molar-refractivity contribution in [3.63, 3.8) is 0 Å². The van der Waals surface area contributed by atoms with Crippen LogP contribution in [0.5, 0.6) is 0 Å². The molecule has 1 aromatic carbocycles. The predicted molar refractivity (Wildman–Crippen MR) is 156 cm³/mol. The Kier molecular flexibility index (Phi) is 7.89. The van der Waals surface area contributed by atoms with E-state index in [0.717, 1.165) is 54.7 Å². The molecular formula is C31H33N3O2S. The number of fused-ring (bicyclic) bond motifs is 3. The maximum atomic E-state index is 14.0. The number of para-hydroxylation sites is 1. The Hall–Kier alpha value is -3.77. The number of aliphatic imine (C=N–C) groups is 1. The van der Waals surface area contributed by atoms with Gasteiger partial charge < -0.3 is 9.88 Å². The van der Waals surface area contributed by atoms with Crippen LogP contribution in [0, 0.1) is 6.92 Å². The highest BCUT2D eigenvalue weighted by Crippen LogP contribution is 2.41. The molecule has 0 spiro atoms. The molecule has 3 heterocycles. The first-order valence-electron chi connectivity index (χ1n) is 12.4. The largest absolute Gasteiger partial charge is 0.364 e. The zero-order chi connectivity index (χ0) is 26.7. The number of nitrogens with zero attached hydrogens (tertiary/aromatic N) is 2. The van der Waals surface area contributed by atoms with Crippen LogP contribution in [0.3, 0.4) is 0 Å². The van der Waals surface area contributed by atoms with Gasteiger partial charge in [-0.15, -0.1) is 17.9 Å². The number of Topliss-reactive ketones (excluding diaryl/α,β-unsaturated/α-hetero) is 1. The molecule has 0 saturated carbocycles. The van der Waals surface area contributed by atoms with Crippen molar-refractivity contribution in [3.05, 3.63) is 94.7 Å². The van der Waals surface area contributed by atoms with Gasteiger partial charge in [0, 0.05) is 45.7 Å². The topological polar surface area (TPSA) is 65.5 Å². The molecule has 1 aliphatic heterocycles. The van der Waals surface area contributed by atoms with Crippen molar-refractivity contribution in [3.8, 4) is 10.4 Å². The number of hydrogen-bond donors (Lipinski definition) is 1. The summed E-state index contributed by atoms with van der Waals surface area (Å²) in [5.41, 5.74) is 7.73. The summed E-state index contributed by atoms with van der Waals surface area (Å²) in [4.78, 5) is 37.9. The Labute approximate surface area is 223 Å². The standard InChI is InChI=1S/C31H33N3O2S/c1-7-10-27(33-21(5)26-18-32-20(4)24(26)14-13-19(2)3)31(36)34-16-15-23-17-29(22(6)35)37-30(23)25-11-8-9-12-28(25)34/h7-9,11-14,17-18,27,32H,1-2,10,15-16H2,3-6H3/b14-13-,33-21?. The summed E-state index contributed by atoms with van der Waals surface area (Å²) in [6.07, 6.45) is 8.81. The van der Waals surface area contributed by atoms with Gasteiger partial charge in [-0.1, -0.05) is 48.6 Å². The highest BCUT2D eigenvalue weighted by Gasteiger charge is 2.30. The van der Waals surface area contributed by atoms with Crippen molar-refractivity contribution in [1.82, 2.24) is 4.98 Å². The molecule has 2 aromatic heterocycles. The number of ketones is 1. The van der Waals surface area contributed by atoms with Crippen molar-refractivity contribution in [2.24, 2.45) is 4.99 Å². The second-order valence-electron chi connectivity index (χ2n) is 9.45. The van der Waals surface area contributed by atoms with E-state index in [1.54, 1.807) is 13.0 Å². The highest BCUT2D eigenvalue weighted by atomic mass is 32.1. The number of carbonyl (C=O) groups excluding carboxylic acids is 2. The molecule has 4 rings (SSSR count). The van der Waals surface area contributed by atoms with E-state index in [1.165, 1.54) is 11.3 Å². The number of nitrogens with one attached hydrogen (secondary N) is 1. The molecule has 3 aromatic rings. The molecule has 1 amide bonds. The molecule has 37 heavy (non-hydrogen) atoms. The van der Waals surface area contributed by atoms with Gasteiger partial charge in [-0.25, -0.2) is 0 Å². The summed E-state index contributed by atoms with van der Waals surface area (Å²) in [7, 11) is 0. The predicted octanol–water partition coefficient (Wildman–Crippen LogP) is 7.19. The zero-order valence-electron chi connectivity index (χ0n) is 21.9. The Morgan fingerprint density at radius 3 is 2.70 bits per heavy atom. The number of allylic oxidation sites excluding steroid dienone is 2. The first-order valence-corrected chi connectivity index (χ1v) is 13.2. The number of rotatable bonds is 8. The van der Waals surface area contributed by atoms with E-state index in [9.17, 15) is 9.59 Å². The summed E-state index contributed by atoms with van der Waals surface area (Å²) >= 11 is 1.50. The molecule has 0 radical (unpaired) electrons. The van der Waals surface area contributed by atoms with Crippen molar-refractivity contribution in [2.45, 2.75) is 46.6 Å². The van der Waals surface area contributed by atoms with Gasteiger partial charge in [0.05, 0.1) is 10.6 Å². The van der Waals surface area contributed by atoms with Crippen molar-refractivity contribution in [2.75, 3.05) is 11.4 Å². The van der Waals surface area contributed by atoms with Gasteiger partial charge in [0.1, 0.15) is 6.04 Å². The molecule has 1 atom stereocenters. The first kappa shape index (κ1) is 26.3. The monoisotopic (exact) mass is 511 g/mol. The minimum Gasteiger partial charge on any atom is -0.364 e. The van der Waals surface area contributed by atoms with Gasteiger partial charge in [0.25, 0.3) is 5.91 Å². The molecule has 0 saturated heterocycles. The number of amides is 1. The number of benzene rings is 1. The van der Waals surface area contributed by atoms with Crippen LogP contribution in [0.25, 0.3) is 16.5 Å². The van der Waals surface area contributed by atoms with Gasteiger partial charge in [-0.05, 0) is 58.2 Å². The van der Waals surface area contributed by atoms with Gasteiger partial charge >= 0.3 is 0 Å². The SMILES string of the molecule is C=CCC(N=C(C)c1c[nH]c(C)c1/C=C\C(=C)C)C(=O)N1CCc2cc(C(C)=O)sc2-c2ccccc21.